The number of rotatable bonds is 2. The Kier molecular flexibility index (Phi) is 3.91. The van der Waals surface area contributed by atoms with Crippen LogP contribution in [0.25, 0.3) is 0 Å². The number of hydrogen-bond acceptors (Lipinski definition) is 1. The number of piperidine rings is 1. The number of hydrogen-bond donors (Lipinski definition) is 0. The summed E-state index contributed by atoms with van der Waals surface area (Å²) in [6, 6.07) is 0. The summed E-state index contributed by atoms with van der Waals surface area (Å²) in [7, 11) is 0. The molecule has 0 aliphatic carbocycles. The Morgan fingerprint density at radius 2 is 2.00 bits per heavy atom. The lowest BCUT2D eigenvalue weighted by molar-refractivity contribution is 0.217. The predicted octanol–water partition coefficient (Wildman–Crippen LogP) is 1.86. The topological polar surface area (TPSA) is 3.24 Å². The molecule has 0 amide bonds. The van der Waals surface area contributed by atoms with Gasteiger partial charge in [0.1, 0.15) is 6.67 Å². The molecule has 0 aromatic carbocycles. The quantitative estimate of drug-likeness (QED) is 0.539. The first-order valence-corrected chi connectivity index (χ1v) is 5.00. The van der Waals surface area contributed by atoms with Crippen LogP contribution in [0.1, 0.15) is 12.8 Å². The Hall–Kier alpha value is 0.620. The molecule has 0 unspecified atom stereocenters. The lowest BCUT2D eigenvalue weighted by atomic mass is 10.1. The third-order valence-corrected chi connectivity index (χ3v) is 3.16. The predicted molar refractivity (Wildman–Crippen MR) is 49.5 cm³/mol. The summed E-state index contributed by atoms with van der Waals surface area (Å²) >= 11 is 2.47. The third-order valence-electron chi connectivity index (χ3n) is 1.92. The molecule has 1 rings (SSSR count). The lowest BCUT2D eigenvalue weighted by Crippen LogP contribution is -2.35. The first-order chi connectivity index (χ1) is 4.83. The van der Waals surface area contributed by atoms with Crippen LogP contribution in [0.4, 0.5) is 4.39 Å². The van der Waals surface area contributed by atoms with Crippen molar-refractivity contribution < 1.29 is 4.39 Å². The number of halogens is 2. The smallest absolute Gasteiger partial charge is 0.102 e. The molecule has 0 aromatic heterocycles. The molecule has 0 bridgehead atoms. The molecule has 0 saturated carbocycles. The van der Waals surface area contributed by atoms with E-state index in [1.54, 1.807) is 0 Å². The van der Waals surface area contributed by atoms with Crippen LogP contribution < -0.4 is 0 Å². The van der Waals surface area contributed by atoms with Gasteiger partial charge in [0, 0.05) is 10.5 Å². The molecule has 0 aromatic rings. The van der Waals surface area contributed by atoms with Crippen molar-refractivity contribution in [2.24, 2.45) is 0 Å². The van der Waals surface area contributed by atoms with Gasteiger partial charge in [0.05, 0.1) is 0 Å². The van der Waals surface area contributed by atoms with E-state index in [1.807, 2.05) is 0 Å². The highest BCUT2D eigenvalue weighted by Crippen LogP contribution is 2.17. The van der Waals surface area contributed by atoms with E-state index in [9.17, 15) is 4.39 Å². The molecule has 1 nitrogen and oxygen atoms in total. The fourth-order valence-corrected chi connectivity index (χ4v) is 1.80. The van der Waals surface area contributed by atoms with Crippen LogP contribution in [0.3, 0.4) is 0 Å². The molecule has 0 spiro atoms. The van der Waals surface area contributed by atoms with Crippen molar-refractivity contribution in [3.8, 4) is 0 Å². The Labute approximate surface area is 75.1 Å². The maximum atomic E-state index is 11.8. The van der Waals surface area contributed by atoms with E-state index in [-0.39, 0.29) is 6.67 Å². The lowest BCUT2D eigenvalue weighted by Gasteiger charge is -2.28. The Morgan fingerprint density at radius 1 is 1.40 bits per heavy atom. The fraction of sp³-hybridized carbons (Fsp3) is 1.00. The second kappa shape index (κ2) is 4.49. The Morgan fingerprint density at radius 3 is 2.50 bits per heavy atom. The minimum Gasteiger partial charge on any atom is -0.301 e. The summed E-state index contributed by atoms with van der Waals surface area (Å²) in [6.07, 6.45) is 2.47. The zero-order valence-electron chi connectivity index (χ0n) is 6.02. The van der Waals surface area contributed by atoms with Gasteiger partial charge in [-0.2, -0.15) is 0 Å². The molecular weight excluding hydrogens is 244 g/mol. The molecular formula is C7H13FIN. The molecule has 1 aliphatic rings. The summed E-state index contributed by atoms with van der Waals surface area (Å²) < 4.78 is 12.7. The van der Waals surface area contributed by atoms with Gasteiger partial charge in [0.15, 0.2) is 0 Å². The Bertz CT molecular complexity index is 91.6. The van der Waals surface area contributed by atoms with Crippen LogP contribution in [0.2, 0.25) is 0 Å². The normalized spacial score (nSPS) is 23.4. The molecule has 1 heterocycles. The van der Waals surface area contributed by atoms with Crippen molar-refractivity contribution in [1.29, 1.82) is 0 Å². The van der Waals surface area contributed by atoms with Crippen molar-refractivity contribution >= 4 is 22.6 Å². The molecule has 0 atom stereocenters. The summed E-state index contributed by atoms with van der Waals surface area (Å²) in [5.74, 6) is 0. The van der Waals surface area contributed by atoms with Crippen LogP contribution in [-0.2, 0) is 0 Å². The van der Waals surface area contributed by atoms with Gasteiger partial charge in [-0.25, -0.2) is 4.39 Å². The van der Waals surface area contributed by atoms with Gasteiger partial charge in [0.25, 0.3) is 0 Å². The van der Waals surface area contributed by atoms with E-state index in [4.69, 9.17) is 0 Å². The van der Waals surface area contributed by atoms with Gasteiger partial charge in [-0.1, -0.05) is 22.6 Å². The highest BCUT2D eigenvalue weighted by molar-refractivity contribution is 14.1. The van der Waals surface area contributed by atoms with Crippen LogP contribution in [0.15, 0.2) is 0 Å². The molecule has 0 radical (unpaired) electrons. The molecule has 3 heteroatoms. The summed E-state index contributed by atoms with van der Waals surface area (Å²) in [5, 5.41) is 0. The average Bonchev–Trinajstić information content (AvgIpc) is 1.95. The summed E-state index contributed by atoms with van der Waals surface area (Å²) in [4.78, 5) is 2.20. The van der Waals surface area contributed by atoms with Gasteiger partial charge in [-0.15, -0.1) is 0 Å². The highest BCUT2D eigenvalue weighted by Gasteiger charge is 2.15. The van der Waals surface area contributed by atoms with Crippen molar-refractivity contribution in [3.05, 3.63) is 0 Å². The maximum absolute atomic E-state index is 11.8. The largest absolute Gasteiger partial charge is 0.301 e. The van der Waals surface area contributed by atoms with Crippen molar-refractivity contribution in [3.63, 3.8) is 0 Å². The first-order valence-electron chi connectivity index (χ1n) is 3.75. The molecule has 1 fully saturated rings. The average molecular weight is 257 g/mol. The first kappa shape index (κ1) is 8.71. The van der Waals surface area contributed by atoms with Crippen LogP contribution >= 0.6 is 22.6 Å². The Balaban J connectivity index is 2.13. The SMILES string of the molecule is FCCN1CCC(I)CC1. The van der Waals surface area contributed by atoms with E-state index < -0.39 is 0 Å². The second-order valence-corrected chi connectivity index (χ2v) is 4.47. The third kappa shape index (κ3) is 2.70. The van der Waals surface area contributed by atoms with E-state index in [0.717, 1.165) is 17.0 Å². The van der Waals surface area contributed by atoms with E-state index >= 15 is 0 Å². The summed E-state index contributed by atoms with van der Waals surface area (Å²) in [5.41, 5.74) is 0. The van der Waals surface area contributed by atoms with Gasteiger partial charge in [0.2, 0.25) is 0 Å². The standard InChI is InChI=1S/C7H13FIN/c8-3-6-10-4-1-7(9)2-5-10/h7H,1-6H2. The summed E-state index contributed by atoms with van der Waals surface area (Å²) in [6.45, 7) is 2.64. The van der Waals surface area contributed by atoms with Gasteiger partial charge in [-0.05, 0) is 25.9 Å². The molecule has 10 heavy (non-hydrogen) atoms. The number of alkyl halides is 2. The van der Waals surface area contributed by atoms with Crippen molar-refractivity contribution in [2.75, 3.05) is 26.3 Å². The van der Waals surface area contributed by atoms with E-state index in [0.29, 0.717) is 6.54 Å². The van der Waals surface area contributed by atoms with Crippen molar-refractivity contribution in [1.82, 2.24) is 4.90 Å². The fourth-order valence-electron chi connectivity index (χ4n) is 1.24. The monoisotopic (exact) mass is 257 g/mol. The van der Waals surface area contributed by atoms with Gasteiger partial charge < -0.3 is 4.90 Å². The molecule has 1 saturated heterocycles. The highest BCUT2D eigenvalue weighted by atomic mass is 127. The van der Waals surface area contributed by atoms with Crippen LogP contribution in [0, 0.1) is 0 Å². The van der Waals surface area contributed by atoms with E-state index in [1.165, 1.54) is 12.8 Å². The second-order valence-electron chi connectivity index (χ2n) is 2.71. The molecule has 1 aliphatic heterocycles. The molecule has 0 N–H and O–H groups in total. The minimum atomic E-state index is -0.189. The van der Waals surface area contributed by atoms with Gasteiger partial charge in [-0.3, -0.25) is 0 Å². The maximum Gasteiger partial charge on any atom is 0.102 e. The van der Waals surface area contributed by atoms with E-state index in [2.05, 4.69) is 27.5 Å². The zero-order chi connectivity index (χ0) is 7.40. The van der Waals surface area contributed by atoms with Crippen LogP contribution in [0.5, 0.6) is 0 Å². The molecule has 60 valence electrons. The zero-order valence-corrected chi connectivity index (χ0v) is 8.18. The van der Waals surface area contributed by atoms with Crippen LogP contribution in [-0.4, -0.2) is 35.1 Å². The number of likely N-dealkylation sites (tertiary alicyclic amines) is 1. The van der Waals surface area contributed by atoms with Gasteiger partial charge >= 0.3 is 0 Å². The van der Waals surface area contributed by atoms with Crippen molar-refractivity contribution in [2.45, 2.75) is 16.8 Å². The minimum absolute atomic E-state index is 0.189. The number of nitrogens with zero attached hydrogens (tertiary/aromatic N) is 1.